The van der Waals surface area contributed by atoms with E-state index in [9.17, 15) is 14.4 Å². The van der Waals surface area contributed by atoms with E-state index >= 15 is 0 Å². The zero-order valence-electron chi connectivity index (χ0n) is 15.9. The number of piperidine rings is 1. The van der Waals surface area contributed by atoms with E-state index in [1.807, 2.05) is 13.8 Å². The number of likely N-dealkylation sites (N-methyl/N-ethyl adjacent to an activating group) is 1. The molecule has 1 fully saturated rings. The Kier molecular flexibility index (Phi) is 9.40. The summed E-state index contributed by atoms with van der Waals surface area (Å²) in [6.07, 6.45) is 2.82. The molecule has 2 N–H and O–H groups in total. The molecule has 8 heteroatoms. The Labute approximate surface area is 155 Å². The first-order chi connectivity index (χ1) is 12.5. The van der Waals surface area contributed by atoms with Crippen LogP contribution in [0.4, 0.5) is 4.79 Å². The summed E-state index contributed by atoms with van der Waals surface area (Å²) in [6, 6.07) is -0.665. The lowest BCUT2D eigenvalue weighted by molar-refractivity contribution is -0.122. The molecule has 1 heterocycles. The topological polar surface area (TPSA) is 100 Å². The predicted octanol–water partition coefficient (Wildman–Crippen LogP) is 1.27. The van der Waals surface area contributed by atoms with Crippen molar-refractivity contribution in [2.75, 3.05) is 26.2 Å². The summed E-state index contributed by atoms with van der Waals surface area (Å²) in [6.45, 7) is 11.0. The second kappa shape index (κ2) is 11.3. The first-order valence-corrected chi connectivity index (χ1v) is 9.17. The van der Waals surface area contributed by atoms with Crippen molar-refractivity contribution in [2.45, 2.75) is 52.1 Å². The molecule has 146 valence electrons. The maximum absolute atomic E-state index is 12.4. The number of hydrogen-bond donors (Lipinski definition) is 2. The van der Waals surface area contributed by atoms with E-state index < -0.39 is 6.04 Å². The van der Waals surface area contributed by atoms with Gasteiger partial charge < -0.3 is 20.3 Å². The molecule has 0 spiro atoms. The summed E-state index contributed by atoms with van der Waals surface area (Å²) < 4.78 is 4.98. The van der Waals surface area contributed by atoms with E-state index in [-0.39, 0.29) is 29.7 Å². The minimum absolute atomic E-state index is 0.0529. The number of carbonyl (C=O) groups excluding carboxylic acids is 3. The lowest BCUT2D eigenvalue weighted by Gasteiger charge is -2.31. The smallest absolute Gasteiger partial charge is 0.409 e. The van der Waals surface area contributed by atoms with Crippen molar-refractivity contribution in [1.82, 2.24) is 15.5 Å². The highest BCUT2D eigenvalue weighted by molar-refractivity contribution is 6.43. The standard InChI is InChI=1S/C18H30N4O4/c1-5-14(16(23)19-7-3)21-15(6-2)17(24)20-13-9-11-22(12-10-13)18(25)26-8-4/h6,13-14H,2,5,7-12H2,1,3-4H3,(H,19,23)(H,20,24)/b21-15+. The first kappa shape index (κ1) is 21.7. The molecule has 0 aromatic heterocycles. The number of nitrogens with zero attached hydrogens (tertiary/aromatic N) is 2. The summed E-state index contributed by atoms with van der Waals surface area (Å²) in [5.41, 5.74) is 0.149. The molecule has 0 bridgehead atoms. The molecule has 8 nitrogen and oxygen atoms in total. The van der Waals surface area contributed by atoms with Crippen LogP contribution in [-0.2, 0) is 14.3 Å². The van der Waals surface area contributed by atoms with Gasteiger partial charge in [0, 0.05) is 25.7 Å². The van der Waals surface area contributed by atoms with Crippen LogP contribution in [0, 0.1) is 0 Å². The van der Waals surface area contributed by atoms with Crippen molar-refractivity contribution in [1.29, 1.82) is 0 Å². The van der Waals surface area contributed by atoms with Gasteiger partial charge in [0.25, 0.3) is 5.91 Å². The third-order valence-electron chi connectivity index (χ3n) is 4.12. The maximum Gasteiger partial charge on any atom is 0.409 e. The fraction of sp³-hybridized carbons (Fsp3) is 0.667. The third kappa shape index (κ3) is 6.50. The zero-order valence-corrected chi connectivity index (χ0v) is 15.9. The summed E-state index contributed by atoms with van der Waals surface area (Å²) in [7, 11) is 0. The van der Waals surface area contributed by atoms with Gasteiger partial charge in [0.15, 0.2) is 0 Å². The minimum Gasteiger partial charge on any atom is -0.450 e. The molecule has 1 aliphatic rings. The fourth-order valence-electron chi connectivity index (χ4n) is 2.68. The van der Waals surface area contributed by atoms with Crippen LogP contribution in [0.5, 0.6) is 0 Å². The van der Waals surface area contributed by atoms with E-state index in [1.165, 1.54) is 6.08 Å². The van der Waals surface area contributed by atoms with Gasteiger partial charge in [0.2, 0.25) is 5.91 Å². The normalized spacial score (nSPS) is 16.6. The molecule has 26 heavy (non-hydrogen) atoms. The van der Waals surface area contributed by atoms with Gasteiger partial charge in [-0.2, -0.15) is 0 Å². The highest BCUT2D eigenvalue weighted by atomic mass is 16.6. The molecule has 1 rings (SSSR count). The van der Waals surface area contributed by atoms with E-state index in [4.69, 9.17) is 4.74 Å². The van der Waals surface area contributed by atoms with Crippen LogP contribution in [0.3, 0.4) is 0 Å². The van der Waals surface area contributed by atoms with Crippen LogP contribution in [0.25, 0.3) is 0 Å². The molecular weight excluding hydrogens is 336 g/mol. The monoisotopic (exact) mass is 366 g/mol. The number of likely N-dealkylation sites (tertiary alicyclic amines) is 1. The van der Waals surface area contributed by atoms with Crippen molar-refractivity contribution in [2.24, 2.45) is 4.99 Å². The van der Waals surface area contributed by atoms with Crippen LogP contribution < -0.4 is 10.6 Å². The van der Waals surface area contributed by atoms with Crippen LogP contribution >= 0.6 is 0 Å². The first-order valence-electron chi connectivity index (χ1n) is 9.17. The van der Waals surface area contributed by atoms with Crippen molar-refractivity contribution in [3.63, 3.8) is 0 Å². The molecule has 3 amide bonds. The van der Waals surface area contributed by atoms with E-state index in [0.717, 1.165) is 0 Å². The Hall–Kier alpha value is -2.38. The molecule has 0 aromatic carbocycles. The number of amides is 3. The van der Waals surface area contributed by atoms with E-state index in [2.05, 4.69) is 22.2 Å². The number of carbonyl (C=O) groups is 3. The van der Waals surface area contributed by atoms with E-state index in [0.29, 0.717) is 45.5 Å². The Balaban J connectivity index is 2.62. The Morgan fingerprint density at radius 1 is 1.27 bits per heavy atom. The Bertz CT molecular complexity index is 539. The largest absolute Gasteiger partial charge is 0.450 e. The van der Waals surface area contributed by atoms with Crippen molar-refractivity contribution in [3.05, 3.63) is 12.7 Å². The summed E-state index contributed by atoms with van der Waals surface area (Å²) in [5.74, 6) is -0.553. The molecule has 0 radical (unpaired) electrons. The summed E-state index contributed by atoms with van der Waals surface area (Å²) >= 11 is 0. The molecule has 1 atom stereocenters. The van der Waals surface area contributed by atoms with Gasteiger partial charge in [0.05, 0.1) is 6.61 Å². The summed E-state index contributed by atoms with van der Waals surface area (Å²) in [4.78, 5) is 42.0. The highest BCUT2D eigenvalue weighted by Gasteiger charge is 2.25. The van der Waals surface area contributed by atoms with Gasteiger partial charge >= 0.3 is 6.09 Å². The average molecular weight is 366 g/mol. The van der Waals surface area contributed by atoms with Gasteiger partial charge in [-0.1, -0.05) is 13.5 Å². The fourth-order valence-corrected chi connectivity index (χ4v) is 2.68. The number of ether oxygens (including phenoxy) is 1. The SMILES string of the molecule is C=C/C(=N\C(CC)C(=O)NCC)C(=O)NC1CCN(C(=O)OCC)CC1. The van der Waals surface area contributed by atoms with Gasteiger partial charge in [-0.3, -0.25) is 14.6 Å². The van der Waals surface area contributed by atoms with Gasteiger partial charge in [-0.15, -0.1) is 0 Å². The van der Waals surface area contributed by atoms with Crippen molar-refractivity contribution < 1.29 is 19.1 Å². The number of rotatable bonds is 8. The summed E-state index contributed by atoms with van der Waals surface area (Å²) in [5, 5.41) is 5.62. The molecule has 1 saturated heterocycles. The highest BCUT2D eigenvalue weighted by Crippen LogP contribution is 2.12. The molecule has 0 aromatic rings. The molecule has 1 aliphatic heterocycles. The molecule has 0 saturated carbocycles. The zero-order chi connectivity index (χ0) is 19.5. The quantitative estimate of drug-likeness (QED) is 0.632. The van der Waals surface area contributed by atoms with Gasteiger partial charge in [-0.25, -0.2) is 4.79 Å². The maximum atomic E-state index is 12.4. The predicted molar refractivity (Wildman–Crippen MR) is 100 cm³/mol. The molecule has 0 aliphatic carbocycles. The third-order valence-corrected chi connectivity index (χ3v) is 4.12. The average Bonchev–Trinajstić information content (AvgIpc) is 2.63. The van der Waals surface area contributed by atoms with Crippen LogP contribution in [0.2, 0.25) is 0 Å². The van der Waals surface area contributed by atoms with Crippen LogP contribution in [-0.4, -0.2) is 66.8 Å². The van der Waals surface area contributed by atoms with Crippen molar-refractivity contribution >= 4 is 23.6 Å². The molecular formula is C18H30N4O4. The number of hydrogen-bond acceptors (Lipinski definition) is 5. The van der Waals surface area contributed by atoms with Crippen LogP contribution in [0.1, 0.15) is 40.0 Å². The van der Waals surface area contributed by atoms with Gasteiger partial charge in [0.1, 0.15) is 11.8 Å². The Morgan fingerprint density at radius 3 is 2.42 bits per heavy atom. The van der Waals surface area contributed by atoms with Gasteiger partial charge in [-0.05, 0) is 39.2 Å². The number of nitrogens with one attached hydrogen (secondary N) is 2. The lowest BCUT2D eigenvalue weighted by Crippen LogP contribution is -2.48. The minimum atomic E-state index is -0.612. The molecule has 1 unspecified atom stereocenters. The lowest BCUT2D eigenvalue weighted by atomic mass is 10.1. The second-order valence-electron chi connectivity index (χ2n) is 5.97. The second-order valence-corrected chi connectivity index (χ2v) is 5.97. The Morgan fingerprint density at radius 2 is 1.92 bits per heavy atom. The van der Waals surface area contributed by atoms with Crippen molar-refractivity contribution in [3.8, 4) is 0 Å². The van der Waals surface area contributed by atoms with Crippen LogP contribution in [0.15, 0.2) is 17.6 Å². The number of aliphatic imine (C=N–C) groups is 1. The van der Waals surface area contributed by atoms with E-state index in [1.54, 1.807) is 11.8 Å².